The van der Waals surface area contributed by atoms with Crippen molar-refractivity contribution < 1.29 is 28.2 Å². The fourth-order valence-corrected chi connectivity index (χ4v) is 1.65. The molecule has 0 aliphatic carbocycles. The summed E-state index contributed by atoms with van der Waals surface area (Å²) in [5.74, 6) is -5.71. The van der Waals surface area contributed by atoms with Crippen molar-refractivity contribution in [3.8, 4) is 0 Å². The first kappa shape index (κ1) is 14.8. The number of aliphatic hydroxyl groups excluding tert-OH is 1. The Labute approximate surface area is 109 Å². The van der Waals surface area contributed by atoms with Crippen LogP contribution in [0.2, 0.25) is 0 Å². The van der Waals surface area contributed by atoms with E-state index in [2.05, 4.69) is 21.2 Å². The number of halogens is 4. The van der Waals surface area contributed by atoms with Gasteiger partial charge < -0.3 is 15.5 Å². The van der Waals surface area contributed by atoms with Crippen molar-refractivity contribution in [2.45, 2.75) is 5.92 Å². The van der Waals surface area contributed by atoms with Crippen molar-refractivity contribution in [1.82, 2.24) is 0 Å². The Balaban J connectivity index is 2.93. The molecule has 0 fully saturated rings. The summed E-state index contributed by atoms with van der Waals surface area (Å²) < 4.78 is 38.8. The first-order valence-electron chi connectivity index (χ1n) is 4.72. The number of nitrogens with one attached hydrogen (secondary N) is 1. The number of aliphatic hydroxyl groups is 1. The van der Waals surface area contributed by atoms with E-state index >= 15 is 0 Å². The lowest BCUT2D eigenvalue weighted by molar-refractivity contribution is -0.0373. The summed E-state index contributed by atoms with van der Waals surface area (Å²) in [6.45, 7) is -2.32. The first-order chi connectivity index (χ1) is 8.28. The topological polar surface area (TPSA) is 69.6 Å². The van der Waals surface area contributed by atoms with Crippen molar-refractivity contribution in [1.29, 1.82) is 0 Å². The van der Waals surface area contributed by atoms with Gasteiger partial charge in [-0.1, -0.05) is 0 Å². The third-order valence-corrected chi connectivity index (χ3v) is 2.86. The van der Waals surface area contributed by atoms with Gasteiger partial charge in [0.25, 0.3) is 5.92 Å². The van der Waals surface area contributed by atoms with Gasteiger partial charge in [0.05, 0.1) is 22.3 Å². The van der Waals surface area contributed by atoms with E-state index in [1.54, 1.807) is 0 Å². The molecule has 4 nitrogen and oxygen atoms in total. The van der Waals surface area contributed by atoms with Crippen LogP contribution in [0.15, 0.2) is 16.6 Å². The molecule has 0 heterocycles. The molecule has 0 aliphatic rings. The number of rotatable bonds is 5. The minimum absolute atomic E-state index is 0.278. The third-order valence-electron chi connectivity index (χ3n) is 2.08. The number of carboxylic acid groups (broad SMARTS) is 1. The number of benzene rings is 1. The van der Waals surface area contributed by atoms with Crippen molar-refractivity contribution >= 4 is 27.6 Å². The second kappa shape index (κ2) is 5.57. The van der Waals surface area contributed by atoms with E-state index in [1.807, 2.05) is 0 Å². The smallest absolute Gasteiger partial charge is 0.336 e. The molecule has 0 radical (unpaired) electrons. The first-order valence-corrected chi connectivity index (χ1v) is 5.51. The van der Waals surface area contributed by atoms with Crippen molar-refractivity contribution in [2.75, 3.05) is 18.5 Å². The SMILES string of the molecule is O=C(O)c1ccc(NCC(F)(F)CO)c(F)c1Br. The van der Waals surface area contributed by atoms with Gasteiger partial charge in [-0.25, -0.2) is 18.0 Å². The number of carboxylic acids is 1. The third kappa shape index (κ3) is 3.36. The molecule has 0 saturated carbocycles. The summed E-state index contributed by atoms with van der Waals surface area (Å²) >= 11 is 2.74. The fraction of sp³-hybridized carbons (Fsp3) is 0.300. The molecule has 0 saturated heterocycles. The van der Waals surface area contributed by atoms with Crippen molar-refractivity contribution in [2.24, 2.45) is 0 Å². The molecular weight excluding hydrogens is 319 g/mol. The number of anilines is 1. The molecule has 1 rings (SSSR count). The van der Waals surface area contributed by atoms with E-state index < -0.39 is 30.9 Å². The van der Waals surface area contributed by atoms with Crippen LogP contribution in [0.5, 0.6) is 0 Å². The van der Waals surface area contributed by atoms with Gasteiger partial charge in [-0.05, 0) is 28.1 Å². The molecule has 0 unspecified atom stereocenters. The maximum Gasteiger partial charge on any atom is 0.336 e. The average Bonchev–Trinajstić information content (AvgIpc) is 2.30. The van der Waals surface area contributed by atoms with Crippen LogP contribution in [-0.2, 0) is 0 Å². The van der Waals surface area contributed by atoms with E-state index in [1.165, 1.54) is 0 Å². The molecular formula is C10H9BrF3NO3. The zero-order valence-electron chi connectivity index (χ0n) is 8.88. The van der Waals surface area contributed by atoms with Gasteiger partial charge >= 0.3 is 5.97 Å². The highest BCUT2D eigenvalue weighted by Gasteiger charge is 2.28. The van der Waals surface area contributed by atoms with Crippen molar-refractivity contribution in [3.63, 3.8) is 0 Å². The molecule has 8 heteroatoms. The Kier molecular flexibility index (Phi) is 4.58. The van der Waals surface area contributed by atoms with Crippen LogP contribution in [0.3, 0.4) is 0 Å². The van der Waals surface area contributed by atoms with Crippen LogP contribution in [-0.4, -0.2) is 35.3 Å². The lowest BCUT2D eigenvalue weighted by Gasteiger charge is -2.16. The van der Waals surface area contributed by atoms with Crippen LogP contribution < -0.4 is 5.32 Å². The molecule has 1 aromatic rings. The number of hydrogen-bond donors (Lipinski definition) is 3. The van der Waals surface area contributed by atoms with Gasteiger partial charge in [-0.15, -0.1) is 0 Å². The molecule has 0 amide bonds. The summed E-state index contributed by atoms with van der Waals surface area (Å²) in [5, 5.41) is 19.2. The quantitative estimate of drug-likeness (QED) is 0.776. The summed E-state index contributed by atoms with van der Waals surface area (Å²) in [6.07, 6.45) is 0. The molecule has 0 aromatic heterocycles. The van der Waals surface area contributed by atoms with Gasteiger partial charge in [0.1, 0.15) is 6.61 Å². The predicted molar refractivity (Wildman–Crippen MR) is 61.6 cm³/mol. The van der Waals surface area contributed by atoms with E-state index in [-0.39, 0.29) is 15.7 Å². The number of alkyl halides is 2. The zero-order valence-corrected chi connectivity index (χ0v) is 10.5. The highest BCUT2D eigenvalue weighted by Crippen LogP contribution is 2.27. The largest absolute Gasteiger partial charge is 0.478 e. The van der Waals surface area contributed by atoms with Gasteiger partial charge in [0.15, 0.2) is 5.82 Å². The molecule has 1 aromatic carbocycles. The molecule has 18 heavy (non-hydrogen) atoms. The minimum Gasteiger partial charge on any atom is -0.478 e. The summed E-state index contributed by atoms with van der Waals surface area (Å²) in [4.78, 5) is 10.7. The maximum absolute atomic E-state index is 13.6. The second-order valence-electron chi connectivity index (χ2n) is 3.46. The summed E-state index contributed by atoms with van der Waals surface area (Å²) in [7, 11) is 0. The van der Waals surface area contributed by atoms with E-state index in [0.29, 0.717) is 0 Å². The van der Waals surface area contributed by atoms with Crippen molar-refractivity contribution in [3.05, 3.63) is 28.0 Å². The predicted octanol–water partition coefficient (Wildman–Crippen LogP) is 2.33. The Morgan fingerprint density at radius 3 is 2.56 bits per heavy atom. The Morgan fingerprint density at radius 2 is 2.06 bits per heavy atom. The van der Waals surface area contributed by atoms with Gasteiger partial charge in [-0.2, -0.15) is 0 Å². The highest BCUT2D eigenvalue weighted by atomic mass is 79.9. The van der Waals surface area contributed by atoms with E-state index in [0.717, 1.165) is 12.1 Å². The number of carbonyl (C=O) groups is 1. The number of aromatic carboxylic acids is 1. The van der Waals surface area contributed by atoms with E-state index in [4.69, 9.17) is 10.2 Å². The standard InChI is InChI=1S/C10H9BrF3NO3/c11-7-5(9(17)18)1-2-6(8(7)12)15-3-10(13,14)4-16/h1-2,15-16H,3-4H2,(H,17,18). The van der Waals surface area contributed by atoms with E-state index in [9.17, 15) is 18.0 Å². The van der Waals surface area contributed by atoms with Gasteiger partial charge in [-0.3, -0.25) is 0 Å². The Hall–Kier alpha value is -1.28. The lowest BCUT2D eigenvalue weighted by Crippen LogP contribution is -2.31. The normalized spacial score (nSPS) is 11.4. The summed E-state index contributed by atoms with van der Waals surface area (Å²) in [5.41, 5.74) is -0.591. The van der Waals surface area contributed by atoms with Crippen LogP contribution in [0.25, 0.3) is 0 Å². The lowest BCUT2D eigenvalue weighted by atomic mass is 10.2. The van der Waals surface area contributed by atoms with Crippen LogP contribution in [0.4, 0.5) is 18.9 Å². The van der Waals surface area contributed by atoms with Gasteiger partial charge in [0, 0.05) is 0 Å². The minimum atomic E-state index is -3.38. The molecule has 3 N–H and O–H groups in total. The van der Waals surface area contributed by atoms with Crippen LogP contribution in [0.1, 0.15) is 10.4 Å². The summed E-state index contributed by atoms with van der Waals surface area (Å²) in [6, 6.07) is 2.12. The zero-order chi connectivity index (χ0) is 13.9. The molecule has 0 atom stereocenters. The second-order valence-corrected chi connectivity index (χ2v) is 4.25. The average molecular weight is 328 g/mol. The highest BCUT2D eigenvalue weighted by molar-refractivity contribution is 9.10. The Morgan fingerprint density at radius 1 is 1.44 bits per heavy atom. The molecule has 0 spiro atoms. The maximum atomic E-state index is 13.6. The molecule has 0 aliphatic heterocycles. The molecule has 100 valence electrons. The number of hydrogen-bond acceptors (Lipinski definition) is 3. The van der Waals surface area contributed by atoms with Gasteiger partial charge in [0.2, 0.25) is 0 Å². The monoisotopic (exact) mass is 327 g/mol. The van der Waals surface area contributed by atoms with Crippen LogP contribution in [0, 0.1) is 5.82 Å². The van der Waals surface area contributed by atoms with Crippen LogP contribution >= 0.6 is 15.9 Å². The fourth-order valence-electron chi connectivity index (χ4n) is 1.13. The molecule has 0 bridgehead atoms. The Bertz CT molecular complexity index is 468.